The van der Waals surface area contributed by atoms with Crippen LogP contribution in [0.25, 0.3) is 118 Å². The largest absolute Gasteiger partial charge is 0.135 e. The molecule has 12 rings (SSSR count). The first-order valence-electron chi connectivity index (χ1n) is 17.7. The van der Waals surface area contributed by atoms with Crippen molar-refractivity contribution >= 4 is 107 Å². The first-order valence-corrected chi connectivity index (χ1v) is 18.5. The second-order valence-corrected chi connectivity index (χ2v) is 15.1. The van der Waals surface area contributed by atoms with Gasteiger partial charge in [0.2, 0.25) is 0 Å². The topological polar surface area (TPSA) is 0 Å². The maximum absolute atomic E-state index is 2.46. The maximum Gasteiger partial charge on any atom is 0.0362 e. The molecule has 0 radical (unpaired) electrons. The van der Waals surface area contributed by atoms with Gasteiger partial charge in [0.25, 0.3) is 0 Å². The molecule has 234 valence electrons. The fourth-order valence-corrected chi connectivity index (χ4v) is 10.2. The standard InChI is InChI=1S/C50H28S/c1-2-10-33-29(8-1)9-7-15-35(33)40-22-17-31-18-23-41-34(21-16-30-19-24-42(40)50(31)49(30)41)32-20-25-47-45(26-32)46-27-43-38-13-5-3-11-36(38)37-12-4-6-14-39(37)44(43)28-48(46)51-47/h1-28H. The Morgan fingerprint density at radius 3 is 1.51 bits per heavy atom. The summed E-state index contributed by atoms with van der Waals surface area (Å²) in [5.41, 5.74) is 5.12. The summed E-state index contributed by atoms with van der Waals surface area (Å²) < 4.78 is 2.67. The average Bonchev–Trinajstić information content (AvgIpc) is 3.56. The first-order chi connectivity index (χ1) is 25.3. The van der Waals surface area contributed by atoms with E-state index in [4.69, 9.17) is 0 Å². The SMILES string of the molecule is c1ccc2c(-c3ccc4ccc5c(-c6ccc7sc8cc9c%10ccccc%10c%10ccccc%10c9cc8c7c6)ccc6ccc3c4c65)cccc2c1. The minimum atomic E-state index is 1.26. The predicted octanol–water partition coefficient (Wildman–Crippen LogP) is 14.9. The summed E-state index contributed by atoms with van der Waals surface area (Å²) in [6.45, 7) is 0. The third kappa shape index (κ3) is 3.79. The van der Waals surface area contributed by atoms with E-state index in [1.165, 1.54) is 118 Å². The molecule has 0 saturated carbocycles. The minimum Gasteiger partial charge on any atom is -0.135 e. The normalized spacial score (nSPS) is 12.3. The maximum atomic E-state index is 2.46. The zero-order valence-electron chi connectivity index (χ0n) is 27.6. The second-order valence-electron chi connectivity index (χ2n) is 14.0. The van der Waals surface area contributed by atoms with Gasteiger partial charge in [-0.1, -0.05) is 146 Å². The molecule has 0 N–H and O–H groups in total. The third-order valence-electron chi connectivity index (χ3n) is 11.4. The molecule has 0 aliphatic heterocycles. The molecule has 1 heteroatoms. The molecule has 0 saturated heterocycles. The summed E-state index contributed by atoms with van der Waals surface area (Å²) in [5, 5.41) is 21.1. The molecule has 1 heterocycles. The number of hydrogen-bond acceptors (Lipinski definition) is 1. The van der Waals surface area contributed by atoms with Crippen LogP contribution in [0.15, 0.2) is 170 Å². The molecular weight excluding hydrogens is 633 g/mol. The van der Waals surface area contributed by atoms with Gasteiger partial charge in [-0.3, -0.25) is 0 Å². The van der Waals surface area contributed by atoms with Crippen LogP contribution in [0, 0.1) is 0 Å². The van der Waals surface area contributed by atoms with E-state index in [2.05, 4.69) is 170 Å². The van der Waals surface area contributed by atoms with E-state index in [1.807, 2.05) is 11.3 Å². The lowest BCUT2D eigenvalue weighted by atomic mass is 9.86. The third-order valence-corrected chi connectivity index (χ3v) is 12.5. The van der Waals surface area contributed by atoms with Gasteiger partial charge in [0, 0.05) is 20.2 Å². The van der Waals surface area contributed by atoms with E-state index in [-0.39, 0.29) is 0 Å². The molecule has 0 aliphatic carbocycles. The van der Waals surface area contributed by atoms with Gasteiger partial charge in [0.1, 0.15) is 0 Å². The molecule has 0 bridgehead atoms. The Morgan fingerprint density at radius 1 is 0.255 bits per heavy atom. The van der Waals surface area contributed by atoms with E-state index < -0.39 is 0 Å². The summed E-state index contributed by atoms with van der Waals surface area (Å²) in [6.07, 6.45) is 0. The molecule has 0 unspecified atom stereocenters. The number of fused-ring (bicyclic) bond motifs is 10. The highest BCUT2D eigenvalue weighted by atomic mass is 32.1. The van der Waals surface area contributed by atoms with Gasteiger partial charge in [-0.05, 0) is 122 Å². The molecule has 12 aromatic rings. The van der Waals surface area contributed by atoms with E-state index in [0.29, 0.717) is 0 Å². The van der Waals surface area contributed by atoms with Crippen molar-refractivity contribution in [1.82, 2.24) is 0 Å². The summed E-state index contributed by atoms with van der Waals surface area (Å²) in [4.78, 5) is 0. The molecule has 51 heavy (non-hydrogen) atoms. The number of benzene rings is 11. The zero-order valence-corrected chi connectivity index (χ0v) is 28.4. The first kappa shape index (κ1) is 27.5. The van der Waals surface area contributed by atoms with Crippen molar-refractivity contribution in [2.45, 2.75) is 0 Å². The molecular formula is C50H28S. The fourth-order valence-electron chi connectivity index (χ4n) is 9.09. The van der Waals surface area contributed by atoms with Crippen molar-refractivity contribution in [3.8, 4) is 22.3 Å². The van der Waals surface area contributed by atoms with Crippen LogP contribution in [0.3, 0.4) is 0 Å². The zero-order chi connectivity index (χ0) is 33.2. The Labute approximate surface area is 297 Å². The van der Waals surface area contributed by atoms with Gasteiger partial charge in [-0.25, -0.2) is 0 Å². The lowest BCUT2D eigenvalue weighted by Gasteiger charge is -2.17. The molecule has 0 amide bonds. The van der Waals surface area contributed by atoms with Crippen LogP contribution in [0.5, 0.6) is 0 Å². The summed E-state index contributed by atoms with van der Waals surface area (Å²) in [7, 11) is 0. The van der Waals surface area contributed by atoms with E-state index in [0.717, 1.165) is 0 Å². The Hall–Kier alpha value is -6.28. The lowest BCUT2D eigenvalue weighted by Crippen LogP contribution is -1.90. The van der Waals surface area contributed by atoms with Gasteiger partial charge >= 0.3 is 0 Å². The molecule has 0 aliphatic rings. The second kappa shape index (κ2) is 10.1. The van der Waals surface area contributed by atoms with Gasteiger partial charge in [-0.15, -0.1) is 11.3 Å². The van der Waals surface area contributed by atoms with Crippen molar-refractivity contribution in [3.05, 3.63) is 170 Å². The van der Waals surface area contributed by atoms with Gasteiger partial charge < -0.3 is 0 Å². The van der Waals surface area contributed by atoms with Gasteiger partial charge in [0.05, 0.1) is 0 Å². The molecule has 0 fully saturated rings. The highest BCUT2D eigenvalue weighted by Gasteiger charge is 2.17. The Kier molecular flexibility index (Phi) is 5.47. The summed E-state index contributed by atoms with van der Waals surface area (Å²) in [6, 6.07) is 63.7. The van der Waals surface area contributed by atoms with E-state index >= 15 is 0 Å². The van der Waals surface area contributed by atoms with E-state index in [1.54, 1.807) is 0 Å². The number of thiophene rings is 1. The minimum absolute atomic E-state index is 1.26. The van der Waals surface area contributed by atoms with Crippen molar-refractivity contribution in [3.63, 3.8) is 0 Å². The number of hydrogen-bond donors (Lipinski definition) is 0. The Bertz CT molecular complexity index is 3410. The van der Waals surface area contributed by atoms with Crippen LogP contribution >= 0.6 is 11.3 Å². The van der Waals surface area contributed by atoms with Crippen LogP contribution in [0.2, 0.25) is 0 Å². The predicted molar refractivity (Wildman–Crippen MR) is 224 cm³/mol. The molecule has 0 atom stereocenters. The molecule has 1 aromatic heterocycles. The molecule has 0 nitrogen and oxygen atoms in total. The van der Waals surface area contributed by atoms with Crippen molar-refractivity contribution < 1.29 is 0 Å². The summed E-state index contributed by atoms with van der Waals surface area (Å²) in [5.74, 6) is 0. The Morgan fingerprint density at radius 2 is 0.784 bits per heavy atom. The van der Waals surface area contributed by atoms with Gasteiger partial charge in [-0.2, -0.15) is 0 Å². The van der Waals surface area contributed by atoms with Crippen LogP contribution in [0.4, 0.5) is 0 Å². The smallest absolute Gasteiger partial charge is 0.0362 e. The van der Waals surface area contributed by atoms with Crippen molar-refractivity contribution in [2.75, 3.05) is 0 Å². The fraction of sp³-hybridized carbons (Fsp3) is 0. The van der Waals surface area contributed by atoms with Crippen molar-refractivity contribution in [2.24, 2.45) is 0 Å². The highest BCUT2D eigenvalue weighted by Crippen LogP contribution is 2.46. The monoisotopic (exact) mass is 660 g/mol. The average molecular weight is 661 g/mol. The molecule has 11 aromatic carbocycles. The van der Waals surface area contributed by atoms with Crippen LogP contribution in [0.1, 0.15) is 0 Å². The molecule has 0 spiro atoms. The quantitative estimate of drug-likeness (QED) is 0.162. The van der Waals surface area contributed by atoms with Crippen molar-refractivity contribution in [1.29, 1.82) is 0 Å². The van der Waals surface area contributed by atoms with Crippen LogP contribution < -0.4 is 0 Å². The van der Waals surface area contributed by atoms with Gasteiger partial charge in [0.15, 0.2) is 0 Å². The van der Waals surface area contributed by atoms with Crippen LogP contribution in [-0.4, -0.2) is 0 Å². The van der Waals surface area contributed by atoms with E-state index in [9.17, 15) is 0 Å². The summed E-state index contributed by atoms with van der Waals surface area (Å²) >= 11 is 1.90. The highest BCUT2D eigenvalue weighted by molar-refractivity contribution is 7.25. The number of rotatable bonds is 2. The lowest BCUT2D eigenvalue weighted by molar-refractivity contribution is 1.69. The van der Waals surface area contributed by atoms with Crippen LogP contribution in [-0.2, 0) is 0 Å². The Balaban J connectivity index is 1.10.